The van der Waals surface area contributed by atoms with Crippen LogP contribution in [0.2, 0.25) is 0 Å². The number of rotatable bonds is 6. The van der Waals surface area contributed by atoms with E-state index in [0.29, 0.717) is 6.04 Å². The highest BCUT2D eigenvalue weighted by Crippen LogP contribution is 2.25. The van der Waals surface area contributed by atoms with Crippen LogP contribution in [0, 0.1) is 5.92 Å². The van der Waals surface area contributed by atoms with Crippen LogP contribution in [0.4, 0.5) is 0 Å². The lowest BCUT2D eigenvalue weighted by molar-refractivity contribution is -0.124. The van der Waals surface area contributed by atoms with Crippen molar-refractivity contribution in [3.63, 3.8) is 0 Å². The Morgan fingerprint density at radius 1 is 1.32 bits per heavy atom. The predicted octanol–water partition coefficient (Wildman–Crippen LogP) is 1.49. The Hall–Kier alpha value is -0.610. The molecule has 1 amide bonds. The smallest absolute Gasteiger partial charge is 0.238 e. The maximum atomic E-state index is 11.8. The van der Waals surface area contributed by atoms with Crippen LogP contribution in [-0.2, 0) is 4.79 Å². The van der Waals surface area contributed by atoms with E-state index in [-0.39, 0.29) is 5.91 Å². The second-order valence-electron chi connectivity index (χ2n) is 6.60. The number of amides is 1. The van der Waals surface area contributed by atoms with Gasteiger partial charge in [-0.15, -0.1) is 0 Å². The molecule has 1 saturated heterocycles. The average molecular weight is 267 g/mol. The average Bonchev–Trinajstić information content (AvgIpc) is 3.16. The lowest BCUT2D eigenvalue weighted by atomic mass is 9.98. The third-order valence-corrected chi connectivity index (χ3v) is 4.70. The van der Waals surface area contributed by atoms with Gasteiger partial charge in [-0.1, -0.05) is 13.3 Å². The molecule has 2 rings (SSSR count). The van der Waals surface area contributed by atoms with Crippen LogP contribution in [0.1, 0.15) is 52.4 Å². The van der Waals surface area contributed by atoms with Crippen LogP contribution in [0.3, 0.4) is 0 Å². The quantitative estimate of drug-likeness (QED) is 0.766. The van der Waals surface area contributed by atoms with Gasteiger partial charge in [0.25, 0.3) is 0 Å². The molecule has 1 saturated carbocycles. The van der Waals surface area contributed by atoms with Crippen LogP contribution in [0.15, 0.2) is 0 Å². The molecule has 0 spiro atoms. The van der Waals surface area contributed by atoms with Gasteiger partial charge in [-0.2, -0.15) is 0 Å². The topological polar surface area (TPSA) is 58.4 Å². The van der Waals surface area contributed by atoms with E-state index in [1.165, 1.54) is 38.5 Å². The van der Waals surface area contributed by atoms with Gasteiger partial charge in [-0.25, -0.2) is 0 Å². The Kier molecular flexibility index (Phi) is 4.85. The Labute approximate surface area is 117 Å². The number of hydrogen-bond donors (Lipinski definition) is 2. The highest BCUT2D eigenvalue weighted by Gasteiger charge is 2.38. The molecule has 1 heterocycles. The largest absolute Gasteiger partial charge is 0.368 e. The summed E-state index contributed by atoms with van der Waals surface area (Å²) in [6.45, 7) is 7.22. The van der Waals surface area contributed by atoms with E-state index in [1.807, 2.05) is 6.92 Å². The standard InChI is InChI=1S/C15H29N3O/c1-3-12-5-4-9-18(10-8-12)11-15(2,14(16)19)17-13-6-7-13/h12-13,17H,3-11H2,1-2H3,(H2,16,19). The van der Waals surface area contributed by atoms with Crippen LogP contribution >= 0.6 is 0 Å². The Morgan fingerprint density at radius 2 is 2.05 bits per heavy atom. The van der Waals surface area contributed by atoms with Gasteiger partial charge in [0.05, 0.1) is 0 Å². The number of carbonyl (C=O) groups is 1. The van der Waals surface area contributed by atoms with Crippen LogP contribution in [0.25, 0.3) is 0 Å². The summed E-state index contributed by atoms with van der Waals surface area (Å²) in [6, 6.07) is 0.507. The number of nitrogens with one attached hydrogen (secondary N) is 1. The first-order chi connectivity index (χ1) is 9.03. The minimum atomic E-state index is -0.562. The molecule has 0 aromatic heterocycles. The summed E-state index contributed by atoms with van der Waals surface area (Å²) in [5.74, 6) is 0.650. The fourth-order valence-electron chi connectivity index (χ4n) is 3.11. The first-order valence-corrected chi connectivity index (χ1v) is 7.83. The Bertz CT molecular complexity index is 317. The minimum Gasteiger partial charge on any atom is -0.368 e. The Morgan fingerprint density at radius 3 is 2.63 bits per heavy atom. The molecule has 2 aliphatic rings. The van der Waals surface area contributed by atoms with Crippen molar-refractivity contribution in [2.45, 2.75) is 64.0 Å². The van der Waals surface area contributed by atoms with Crippen molar-refractivity contribution in [1.82, 2.24) is 10.2 Å². The summed E-state index contributed by atoms with van der Waals surface area (Å²) in [5, 5.41) is 3.44. The number of hydrogen-bond acceptors (Lipinski definition) is 3. The Balaban J connectivity index is 1.90. The molecule has 2 unspecified atom stereocenters. The molecule has 0 aromatic rings. The normalized spacial score (nSPS) is 28.6. The number of nitrogens with zero attached hydrogens (tertiary/aromatic N) is 1. The maximum absolute atomic E-state index is 11.8. The zero-order chi connectivity index (χ0) is 13.9. The molecule has 110 valence electrons. The fourth-order valence-corrected chi connectivity index (χ4v) is 3.11. The van der Waals surface area contributed by atoms with Gasteiger partial charge >= 0.3 is 0 Å². The zero-order valence-corrected chi connectivity index (χ0v) is 12.5. The molecule has 2 fully saturated rings. The predicted molar refractivity (Wildman–Crippen MR) is 77.8 cm³/mol. The van der Waals surface area contributed by atoms with Crippen LogP contribution in [0.5, 0.6) is 0 Å². The number of likely N-dealkylation sites (tertiary alicyclic amines) is 1. The van der Waals surface area contributed by atoms with Gasteiger partial charge in [-0.05, 0) is 58.0 Å². The number of carbonyl (C=O) groups excluding carboxylic acids is 1. The fraction of sp³-hybridized carbons (Fsp3) is 0.933. The first kappa shape index (κ1) is 14.8. The molecular formula is C15H29N3O. The van der Waals surface area contributed by atoms with Crippen molar-refractivity contribution >= 4 is 5.91 Å². The van der Waals surface area contributed by atoms with Gasteiger partial charge in [-0.3, -0.25) is 10.1 Å². The first-order valence-electron chi connectivity index (χ1n) is 7.83. The van der Waals surface area contributed by atoms with E-state index in [2.05, 4.69) is 17.1 Å². The molecule has 0 aromatic carbocycles. The number of primary amides is 1. The molecule has 1 aliphatic heterocycles. The molecule has 4 nitrogen and oxygen atoms in total. The minimum absolute atomic E-state index is 0.212. The zero-order valence-electron chi connectivity index (χ0n) is 12.5. The molecule has 0 bridgehead atoms. The van der Waals surface area contributed by atoms with Gasteiger partial charge in [0.15, 0.2) is 0 Å². The van der Waals surface area contributed by atoms with E-state index >= 15 is 0 Å². The van der Waals surface area contributed by atoms with Gasteiger partial charge in [0, 0.05) is 12.6 Å². The molecule has 2 atom stereocenters. The van der Waals surface area contributed by atoms with E-state index in [4.69, 9.17) is 5.73 Å². The summed E-state index contributed by atoms with van der Waals surface area (Å²) >= 11 is 0. The monoisotopic (exact) mass is 267 g/mol. The maximum Gasteiger partial charge on any atom is 0.238 e. The highest BCUT2D eigenvalue weighted by molar-refractivity contribution is 5.84. The van der Waals surface area contributed by atoms with Crippen molar-refractivity contribution in [3.05, 3.63) is 0 Å². The lowest BCUT2D eigenvalue weighted by Gasteiger charge is -2.33. The van der Waals surface area contributed by atoms with Gasteiger partial charge in [0.2, 0.25) is 5.91 Å². The van der Waals surface area contributed by atoms with Crippen molar-refractivity contribution in [3.8, 4) is 0 Å². The van der Waals surface area contributed by atoms with Crippen molar-refractivity contribution in [2.75, 3.05) is 19.6 Å². The lowest BCUT2D eigenvalue weighted by Crippen LogP contribution is -2.60. The summed E-state index contributed by atoms with van der Waals surface area (Å²) in [7, 11) is 0. The summed E-state index contributed by atoms with van der Waals surface area (Å²) < 4.78 is 0. The third kappa shape index (κ3) is 4.18. The third-order valence-electron chi connectivity index (χ3n) is 4.70. The van der Waals surface area contributed by atoms with Gasteiger partial charge < -0.3 is 10.6 Å². The molecular weight excluding hydrogens is 238 g/mol. The van der Waals surface area contributed by atoms with Crippen LogP contribution in [-0.4, -0.2) is 42.0 Å². The second-order valence-corrected chi connectivity index (χ2v) is 6.60. The van der Waals surface area contributed by atoms with E-state index in [1.54, 1.807) is 0 Å². The molecule has 1 aliphatic carbocycles. The SMILES string of the molecule is CCC1CCCN(CC(C)(NC2CC2)C(N)=O)CC1. The van der Waals surface area contributed by atoms with Crippen molar-refractivity contribution < 1.29 is 4.79 Å². The highest BCUT2D eigenvalue weighted by atomic mass is 16.1. The van der Waals surface area contributed by atoms with Crippen molar-refractivity contribution in [2.24, 2.45) is 11.7 Å². The molecule has 4 heteroatoms. The summed E-state index contributed by atoms with van der Waals surface area (Å²) in [6.07, 6.45) is 7.48. The van der Waals surface area contributed by atoms with Crippen molar-refractivity contribution in [1.29, 1.82) is 0 Å². The van der Waals surface area contributed by atoms with Gasteiger partial charge in [0.1, 0.15) is 5.54 Å². The summed E-state index contributed by atoms with van der Waals surface area (Å²) in [5.41, 5.74) is 5.07. The van der Waals surface area contributed by atoms with E-state index in [0.717, 1.165) is 25.6 Å². The molecule has 0 radical (unpaired) electrons. The van der Waals surface area contributed by atoms with E-state index < -0.39 is 5.54 Å². The van der Waals surface area contributed by atoms with E-state index in [9.17, 15) is 4.79 Å². The molecule has 19 heavy (non-hydrogen) atoms. The second kappa shape index (κ2) is 6.23. The number of nitrogens with two attached hydrogens (primary N) is 1. The summed E-state index contributed by atoms with van der Waals surface area (Å²) in [4.78, 5) is 14.2. The van der Waals surface area contributed by atoms with Crippen LogP contribution < -0.4 is 11.1 Å². The molecule has 3 N–H and O–H groups in total.